The van der Waals surface area contributed by atoms with Gasteiger partial charge in [-0.2, -0.15) is 0 Å². The largest absolute Gasteiger partial charge is 0.310 e. The number of carbonyl (C=O) groups excluding carboxylic acids is 1. The van der Waals surface area contributed by atoms with Crippen molar-refractivity contribution in [2.75, 3.05) is 0 Å². The van der Waals surface area contributed by atoms with E-state index in [0.29, 0.717) is 6.04 Å². The van der Waals surface area contributed by atoms with Gasteiger partial charge in [-0.25, -0.2) is 8.78 Å². The quantitative estimate of drug-likeness (QED) is 0.892. The maximum absolute atomic E-state index is 13.5. The monoisotopic (exact) mass is 251 g/mol. The van der Waals surface area contributed by atoms with E-state index in [2.05, 4.69) is 5.32 Å². The number of benzene rings is 1. The van der Waals surface area contributed by atoms with Crippen LogP contribution in [0.2, 0.25) is 0 Å². The summed E-state index contributed by atoms with van der Waals surface area (Å²) in [6, 6.07) is 3.97. The lowest BCUT2D eigenvalue weighted by molar-refractivity contribution is -0.122. The van der Waals surface area contributed by atoms with E-state index in [-0.39, 0.29) is 29.7 Å². The van der Waals surface area contributed by atoms with E-state index in [0.717, 1.165) is 37.5 Å². The molecule has 1 aromatic rings. The zero-order valence-corrected chi connectivity index (χ0v) is 9.96. The summed E-state index contributed by atoms with van der Waals surface area (Å²) >= 11 is 0. The zero-order chi connectivity index (χ0) is 12.7. The molecule has 96 valence electrons. The van der Waals surface area contributed by atoms with Gasteiger partial charge in [0.2, 0.25) is 0 Å². The number of Topliss-reactive ketones (excluding diaryl/α,β-unsaturated/α-hetero) is 1. The predicted octanol–water partition coefficient (Wildman–Crippen LogP) is 2.22. The molecule has 0 radical (unpaired) electrons. The second-order valence-corrected chi connectivity index (χ2v) is 5.27. The molecule has 3 atom stereocenters. The molecule has 3 unspecified atom stereocenters. The molecule has 0 saturated carbocycles. The molecular weight excluding hydrogens is 236 g/mol. The Labute approximate surface area is 104 Å². The van der Waals surface area contributed by atoms with Crippen molar-refractivity contribution in [1.82, 2.24) is 5.32 Å². The van der Waals surface area contributed by atoms with Gasteiger partial charge in [-0.05, 0) is 43.0 Å². The van der Waals surface area contributed by atoms with Crippen LogP contribution >= 0.6 is 0 Å². The topological polar surface area (TPSA) is 29.1 Å². The molecule has 18 heavy (non-hydrogen) atoms. The Kier molecular flexibility index (Phi) is 2.90. The molecular formula is C14H15F2NO. The van der Waals surface area contributed by atoms with Gasteiger partial charge < -0.3 is 5.32 Å². The second kappa shape index (κ2) is 4.43. The molecule has 0 amide bonds. The van der Waals surface area contributed by atoms with Crippen LogP contribution in [0.5, 0.6) is 0 Å². The van der Waals surface area contributed by atoms with Crippen LogP contribution in [0, 0.1) is 17.6 Å². The number of hydrogen-bond donors (Lipinski definition) is 1. The van der Waals surface area contributed by atoms with Crippen molar-refractivity contribution in [3.63, 3.8) is 0 Å². The fourth-order valence-electron chi connectivity index (χ4n) is 3.18. The zero-order valence-electron chi connectivity index (χ0n) is 9.96. The van der Waals surface area contributed by atoms with Crippen LogP contribution in [-0.4, -0.2) is 17.9 Å². The first-order valence-corrected chi connectivity index (χ1v) is 6.36. The lowest BCUT2D eigenvalue weighted by Crippen LogP contribution is -2.29. The molecule has 2 nitrogen and oxygen atoms in total. The van der Waals surface area contributed by atoms with E-state index >= 15 is 0 Å². The average molecular weight is 251 g/mol. The van der Waals surface area contributed by atoms with Crippen LogP contribution < -0.4 is 5.32 Å². The van der Waals surface area contributed by atoms with Crippen LogP contribution in [0.25, 0.3) is 0 Å². The number of ketones is 1. The predicted molar refractivity (Wildman–Crippen MR) is 63.1 cm³/mol. The molecule has 2 aliphatic heterocycles. The summed E-state index contributed by atoms with van der Waals surface area (Å²) in [6.45, 7) is 0. The molecule has 0 spiro atoms. The standard InChI is InChI=1S/C14H15F2NO/c15-9-1-3-12(16)8(5-9)6-14(18)11-7-10-2-4-13(11)17-10/h1,3,5,10-11,13,17H,2,4,6-7H2. The SMILES string of the molecule is O=C(Cc1cc(F)ccc1F)C1CC2CCC1N2. The highest BCUT2D eigenvalue weighted by atomic mass is 19.1. The fraction of sp³-hybridized carbons (Fsp3) is 0.500. The smallest absolute Gasteiger partial charge is 0.142 e. The maximum atomic E-state index is 13.5. The summed E-state index contributed by atoms with van der Waals surface area (Å²) < 4.78 is 26.5. The summed E-state index contributed by atoms with van der Waals surface area (Å²) in [5, 5.41) is 3.38. The van der Waals surface area contributed by atoms with E-state index in [1.54, 1.807) is 0 Å². The number of hydrogen-bond acceptors (Lipinski definition) is 2. The summed E-state index contributed by atoms with van der Waals surface area (Å²) in [5.74, 6) is -0.989. The molecule has 2 heterocycles. The molecule has 1 aromatic carbocycles. The highest BCUT2D eigenvalue weighted by molar-refractivity contribution is 5.84. The van der Waals surface area contributed by atoms with Gasteiger partial charge in [-0.15, -0.1) is 0 Å². The first kappa shape index (κ1) is 11.8. The van der Waals surface area contributed by atoms with Crippen molar-refractivity contribution in [3.05, 3.63) is 35.4 Å². The molecule has 4 heteroatoms. The molecule has 3 rings (SSSR count). The Balaban J connectivity index is 1.72. The Morgan fingerprint density at radius 1 is 1.33 bits per heavy atom. The van der Waals surface area contributed by atoms with Gasteiger partial charge in [0.15, 0.2) is 0 Å². The minimum atomic E-state index is -0.499. The van der Waals surface area contributed by atoms with Crippen molar-refractivity contribution in [1.29, 1.82) is 0 Å². The molecule has 2 fully saturated rings. The first-order chi connectivity index (χ1) is 8.63. The van der Waals surface area contributed by atoms with Crippen molar-refractivity contribution in [2.45, 2.75) is 37.8 Å². The van der Waals surface area contributed by atoms with E-state index in [4.69, 9.17) is 0 Å². The minimum absolute atomic E-state index is 0.000833. The van der Waals surface area contributed by atoms with Crippen molar-refractivity contribution >= 4 is 5.78 Å². The molecule has 2 bridgehead atoms. The lowest BCUT2D eigenvalue weighted by Gasteiger charge is -2.18. The molecule has 2 aliphatic rings. The first-order valence-electron chi connectivity index (χ1n) is 6.36. The summed E-state index contributed by atoms with van der Waals surface area (Å²) in [5.41, 5.74) is 0.169. The van der Waals surface area contributed by atoms with E-state index in [9.17, 15) is 13.6 Å². The maximum Gasteiger partial charge on any atom is 0.142 e. The Morgan fingerprint density at radius 2 is 2.17 bits per heavy atom. The van der Waals surface area contributed by atoms with Gasteiger partial charge in [0, 0.05) is 24.4 Å². The third-order valence-corrected chi connectivity index (χ3v) is 4.09. The van der Waals surface area contributed by atoms with Gasteiger partial charge in [-0.3, -0.25) is 4.79 Å². The third-order valence-electron chi connectivity index (χ3n) is 4.09. The van der Waals surface area contributed by atoms with Crippen LogP contribution in [0.1, 0.15) is 24.8 Å². The van der Waals surface area contributed by atoms with Crippen molar-refractivity contribution in [2.24, 2.45) is 5.92 Å². The van der Waals surface area contributed by atoms with E-state index < -0.39 is 11.6 Å². The van der Waals surface area contributed by atoms with Crippen molar-refractivity contribution < 1.29 is 13.6 Å². The summed E-state index contributed by atoms with van der Waals surface area (Å²) in [4.78, 5) is 12.1. The second-order valence-electron chi connectivity index (χ2n) is 5.27. The van der Waals surface area contributed by atoms with Gasteiger partial charge in [-0.1, -0.05) is 0 Å². The lowest BCUT2D eigenvalue weighted by atomic mass is 9.84. The molecule has 2 saturated heterocycles. The van der Waals surface area contributed by atoms with E-state index in [1.807, 2.05) is 0 Å². The third kappa shape index (κ3) is 2.05. The van der Waals surface area contributed by atoms with E-state index in [1.165, 1.54) is 0 Å². The van der Waals surface area contributed by atoms with Gasteiger partial charge >= 0.3 is 0 Å². The van der Waals surface area contributed by atoms with Crippen LogP contribution in [-0.2, 0) is 11.2 Å². The highest BCUT2D eigenvalue weighted by Crippen LogP contribution is 2.34. The highest BCUT2D eigenvalue weighted by Gasteiger charge is 2.42. The minimum Gasteiger partial charge on any atom is -0.310 e. The Hall–Kier alpha value is -1.29. The van der Waals surface area contributed by atoms with Gasteiger partial charge in [0.05, 0.1) is 0 Å². The summed E-state index contributed by atoms with van der Waals surface area (Å²) in [6.07, 6.45) is 3.00. The number of carbonyl (C=O) groups is 1. The Bertz CT molecular complexity index is 489. The van der Waals surface area contributed by atoms with Gasteiger partial charge in [0.25, 0.3) is 0 Å². The molecule has 0 aliphatic carbocycles. The van der Waals surface area contributed by atoms with Crippen LogP contribution in [0.4, 0.5) is 8.78 Å². The summed E-state index contributed by atoms with van der Waals surface area (Å²) in [7, 11) is 0. The van der Waals surface area contributed by atoms with Gasteiger partial charge in [0.1, 0.15) is 17.4 Å². The van der Waals surface area contributed by atoms with Crippen LogP contribution in [0.3, 0.4) is 0 Å². The molecule has 1 N–H and O–H groups in total. The normalized spacial score (nSPS) is 29.8. The Morgan fingerprint density at radius 3 is 2.83 bits per heavy atom. The number of halogens is 2. The number of fused-ring (bicyclic) bond motifs is 2. The number of nitrogens with one attached hydrogen (secondary N) is 1. The average Bonchev–Trinajstić information content (AvgIpc) is 2.96. The van der Waals surface area contributed by atoms with Crippen molar-refractivity contribution in [3.8, 4) is 0 Å². The fourth-order valence-corrected chi connectivity index (χ4v) is 3.18. The van der Waals surface area contributed by atoms with Crippen LogP contribution in [0.15, 0.2) is 18.2 Å². The molecule has 0 aromatic heterocycles. The number of rotatable bonds is 3.